The van der Waals surface area contributed by atoms with E-state index in [-0.39, 0.29) is 11.3 Å². The lowest BCUT2D eigenvalue weighted by Gasteiger charge is -2.38. The number of amides is 1. The van der Waals surface area contributed by atoms with Crippen molar-refractivity contribution in [2.45, 2.75) is 37.1 Å². The SMILES string of the molecule is CNC1CCCN(CC(=O)NCC2(c3ccccc3)CCOCC2)C1. The fraction of sp³-hybridized carbons (Fsp3) is 0.650. The molecule has 5 heteroatoms. The summed E-state index contributed by atoms with van der Waals surface area (Å²) in [4.78, 5) is 14.8. The second-order valence-electron chi connectivity index (χ2n) is 7.40. The Morgan fingerprint density at radius 1 is 1.28 bits per heavy atom. The molecule has 0 radical (unpaired) electrons. The third-order valence-electron chi connectivity index (χ3n) is 5.74. The molecule has 5 nitrogen and oxygen atoms in total. The molecule has 2 saturated heterocycles. The fourth-order valence-corrected chi connectivity index (χ4v) is 4.08. The zero-order valence-corrected chi connectivity index (χ0v) is 15.3. The maximum atomic E-state index is 12.5. The third kappa shape index (κ3) is 4.81. The molecule has 1 aromatic rings. The van der Waals surface area contributed by atoms with Crippen LogP contribution in [0.4, 0.5) is 0 Å². The summed E-state index contributed by atoms with van der Waals surface area (Å²) in [6, 6.07) is 11.1. The number of benzene rings is 1. The molecule has 0 bridgehead atoms. The van der Waals surface area contributed by atoms with E-state index in [0.717, 1.165) is 45.6 Å². The number of rotatable bonds is 6. The van der Waals surface area contributed by atoms with Gasteiger partial charge in [-0.1, -0.05) is 30.3 Å². The van der Waals surface area contributed by atoms with Crippen molar-refractivity contribution in [1.82, 2.24) is 15.5 Å². The monoisotopic (exact) mass is 345 g/mol. The molecule has 2 fully saturated rings. The number of carbonyl (C=O) groups excluding carboxylic acids is 1. The molecule has 3 rings (SSSR count). The highest BCUT2D eigenvalue weighted by Gasteiger charge is 2.34. The Hall–Kier alpha value is -1.43. The lowest BCUT2D eigenvalue weighted by Crippen LogP contribution is -2.50. The van der Waals surface area contributed by atoms with Gasteiger partial charge in [0.15, 0.2) is 0 Å². The van der Waals surface area contributed by atoms with Crippen molar-refractivity contribution in [3.8, 4) is 0 Å². The van der Waals surface area contributed by atoms with Crippen LogP contribution in [0.2, 0.25) is 0 Å². The first-order valence-corrected chi connectivity index (χ1v) is 9.51. The number of ether oxygens (including phenoxy) is 1. The van der Waals surface area contributed by atoms with E-state index in [1.165, 1.54) is 12.0 Å². The summed E-state index contributed by atoms with van der Waals surface area (Å²) >= 11 is 0. The summed E-state index contributed by atoms with van der Waals surface area (Å²) in [6.45, 7) is 4.70. The highest BCUT2D eigenvalue weighted by atomic mass is 16.5. The van der Waals surface area contributed by atoms with Crippen LogP contribution in [0, 0.1) is 0 Å². The maximum Gasteiger partial charge on any atom is 0.234 e. The van der Waals surface area contributed by atoms with Gasteiger partial charge in [-0.05, 0) is 44.8 Å². The Morgan fingerprint density at radius 3 is 2.76 bits per heavy atom. The van der Waals surface area contributed by atoms with E-state index in [4.69, 9.17) is 4.74 Å². The van der Waals surface area contributed by atoms with Crippen molar-refractivity contribution >= 4 is 5.91 Å². The molecule has 2 aliphatic rings. The van der Waals surface area contributed by atoms with Gasteiger partial charge in [-0.25, -0.2) is 0 Å². The molecule has 0 aliphatic carbocycles. The lowest BCUT2D eigenvalue weighted by molar-refractivity contribution is -0.123. The average Bonchev–Trinajstić information content (AvgIpc) is 2.68. The first-order valence-electron chi connectivity index (χ1n) is 9.51. The first kappa shape index (κ1) is 18.4. The van der Waals surface area contributed by atoms with Crippen molar-refractivity contribution in [1.29, 1.82) is 0 Å². The minimum atomic E-state index is 0.00454. The van der Waals surface area contributed by atoms with Crippen LogP contribution in [-0.2, 0) is 14.9 Å². The summed E-state index contributed by atoms with van der Waals surface area (Å²) in [5.41, 5.74) is 1.32. The molecule has 138 valence electrons. The van der Waals surface area contributed by atoms with Gasteiger partial charge in [-0.3, -0.25) is 9.69 Å². The molecule has 0 aromatic heterocycles. The number of nitrogens with zero attached hydrogens (tertiary/aromatic N) is 1. The van der Waals surface area contributed by atoms with E-state index in [1.807, 2.05) is 13.1 Å². The topological polar surface area (TPSA) is 53.6 Å². The van der Waals surface area contributed by atoms with E-state index < -0.39 is 0 Å². The maximum absolute atomic E-state index is 12.5. The van der Waals surface area contributed by atoms with E-state index in [1.54, 1.807) is 0 Å². The third-order valence-corrected chi connectivity index (χ3v) is 5.74. The molecule has 2 aliphatic heterocycles. The fourth-order valence-electron chi connectivity index (χ4n) is 4.08. The smallest absolute Gasteiger partial charge is 0.234 e. The van der Waals surface area contributed by atoms with Crippen molar-refractivity contribution in [2.24, 2.45) is 0 Å². The van der Waals surface area contributed by atoms with Crippen LogP contribution in [0.3, 0.4) is 0 Å². The quantitative estimate of drug-likeness (QED) is 0.821. The second-order valence-corrected chi connectivity index (χ2v) is 7.40. The van der Waals surface area contributed by atoms with E-state index in [2.05, 4.69) is 39.8 Å². The molecular formula is C20H31N3O2. The zero-order valence-electron chi connectivity index (χ0n) is 15.3. The summed E-state index contributed by atoms with van der Waals surface area (Å²) in [5, 5.41) is 6.55. The molecule has 0 spiro atoms. The molecule has 0 saturated carbocycles. The Morgan fingerprint density at radius 2 is 2.04 bits per heavy atom. The van der Waals surface area contributed by atoms with Crippen molar-refractivity contribution in [3.05, 3.63) is 35.9 Å². The van der Waals surface area contributed by atoms with Gasteiger partial charge < -0.3 is 15.4 Å². The van der Waals surface area contributed by atoms with E-state index in [9.17, 15) is 4.79 Å². The largest absolute Gasteiger partial charge is 0.381 e. The highest BCUT2D eigenvalue weighted by molar-refractivity contribution is 5.78. The number of hydrogen-bond acceptors (Lipinski definition) is 4. The van der Waals surface area contributed by atoms with Crippen LogP contribution in [0.15, 0.2) is 30.3 Å². The van der Waals surface area contributed by atoms with Crippen LogP contribution in [-0.4, -0.2) is 63.3 Å². The highest BCUT2D eigenvalue weighted by Crippen LogP contribution is 2.34. The van der Waals surface area contributed by atoms with Gasteiger partial charge in [0.05, 0.1) is 6.54 Å². The Kier molecular flexibility index (Phi) is 6.45. The van der Waals surface area contributed by atoms with E-state index in [0.29, 0.717) is 19.1 Å². The molecule has 2 heterocycles. The van der Waals surface area contributed by atoms with Crippen LogP contribution in [0.1, 0.15) is 31.2 Å². The molecule has 1 amide bonds. The average molecular weight is 345 g/mol. The number of hydrogen-bond donors (Lipinski definition) is 2. The van der Waals surface area contributed by atoms with Gasteiger partial charge in [0.2, 0.25) is 5.91 Å². The molecule has 25 heavy (non-hydrogen) atoms. The molecule has 1 atom stereocenters. The predicted octanol–water partition coefficient (Wildman–Crippen LogP) is 1.53. The predicted molar refractivity (Wildman–Crippen MR) is 99.7 cm³/mol. The van der Waals surface area contributed by atoms with Crippen LogP contribution >= 0.6 is 0 Å². The normalized spacial score (nSPS) is 24.0. The Balaban J connectivity index is 1.57. The van der Waals surface area contributed by atoms with Crippen LogP contribution in [0.25, 0.3) is 0 Å². The van der Waals surface area contributed by atoms with Gasteiger partial charge in [-0.15, -0.1) is 0 Å². The van der Waals surface area contributed by atoms with Gasteiger partial charge in [0, 0.05) is 37.8 Å². The Labute approximate surface area is 151 Å². The summed E-state index contributed by atoms with van der Waals surface area (Å²) in [6.07, 6.45) is 4.28. The number of carbonyl (C=O) groups is 1. The zero-order chi connectivity index (χ0) is 17.5. The first-order chi connectivity index (χ1) is 12.2. The number of likely N-dealkylation sites (N-methyl/N-ethyl adjacent to an activating group) is 1. The summed E-state index contributed by atoms with van der Waals surface area (Å²) in [7, 11) is 2.00. The molecule has 1 unspecified atom stereocenters. The summed E-state index contributed by atoms with van der Waals surface area (Å²) < 4.78 is 5.57. The number of piperidine rings is 1. The van der Waals surface area contributed by atoms with Crippen molar-refractivity contribution in [2.75, 3.05) is 46.4 Å². The number of likely N-dealkylation sites (tertiary alicyclic amines) is 1. The van der Waals surface area contributed by atoms with Crippen molar-refractivity contribution < 1.29 is 9.53 Å². The van der Waals surface area contributed by atoms with Crippen LogP contribution < -0.4 is 10.6 Å². The van der Waals surface area contributed by atoms with Gasteiger partial charge in [0.1, 0.15) is 0 Å². The lowest BCUT2D eigenvalue weighted by atomic mass is 9.74. The van der Waals surface area contributed by atoms with E-state index >= 15 is 0 Å². The van der Waals surface area contributed by atoms with Gasteiger partial charge in [0.25, 0.3) is 0 Å². The van der Waals surface area contributed by atoms with Crippen molar-refractivity contribution in [3.63, 3.8) is 0 Å². The number of nitrogens with one attached hydrogen (secondary N) is 2. The second kappa shape index (κ2) is 8.79. The minimum absolute atomic E-state index is 0.00454. The standard InChI is InChI=1S/C20H31N3O2/c1-21-18-8-5-11-23(14-18)15-19(24)22-16-20(9-12-25-13-10-20)17-6-3-2-4-7-17/h2-4,6-7,18,21H,5,8-16H2,1H3,(H,22,24). The van der Waals surface area contributed by atoms with Crippen LogP contribution in [0.5, 0.6) is 0 Å². The van der Waals surface area contributed by atoms with Gasteiger partial charge in [-0.2, -0.15) is 0 Å². The Bertz CT molecular complexity index is 543. The summed E-state index contributed by atoms with van der Waals surface area (Å²) in [5.74, 6) is 0.138. The molecular weight excluding hydrogens is 314 g/mol. The molecule has 2 N–H and O–H groups in total. The minimum Gasteiger partial charge on any atom is -0.381 e. The van der Waals surface area contributed by atoms with Gasteiger partial charge >= 0.3 is 0 Å². The molecule has 1 aromatic carbocycles.